The molecule has 0 spiro atoms. The molecule has 0 N–H and O–H groups in total. The predicted octanol–water partition coefficient (Wildman–Crippen LogP) is 5.00. The Balaban J connectivity index is 0.00000385. The highest BCUT2D eigenvalue weighted by Gasteiger charge is 2.23. The summed E-state index contributed by atoms with van der Waals surface area (Å²) in [6.45, 7) is 9.69. The van der Waals surface area contributed by atoms with Gasteiger partial charge in [0.1, 0.15) is 6.54 Å². The molecule has 1 saturated heterocycles. The molecule has 0 unspecified atom stereocenters. The molecular formula is C26H40N3O3P. The summed E-state index contributed by atoms with van der Waals surface area (Å²) in [6, 6.07) is 13.0. The summed E-state index contributed by atoms with van der Waals surface area (Å²) in [6.07, 6.45) is 9.58. The number of hydrogen-bond donors (Lipinski definition) is 0. The van der Waals surface area contributed by atoms with Gasteiger partial charge in [-0.15, -0.1) is 0 Å². The van der Waals surface area contributed by atoms with E-state index in [0.29, 0.717) is 19.4 Å². The van der Waals surface area contributed by atoms with Gasteiger partial charge in [0, 0.05) is 50.4 Å². The number of rotatable bonds is 11. The number of aromatic nitrogens is 1. The topological polar surface area (TPSA) is 45.9 Å². The molecule has 3 rings (SSSR count). The Morgan fingerprint density at radius 3 is 2.00 bits per heavy atom. The van der Waals surface area contributed by atoms with Crippen LogP contribution in [-0.4, -0.2) is 57.5 Å². The van der Waals surface area contributed by atoms with Gasteiger partial charge in [-0.05, 0) is 44.2 Å². The number of aryl methyl sites for hydroxylation is 1. The highest BCUT2D eigenvalue weighted by Crippen LogP contribution is 2.48. The number of hydrogen-bond acceptors (Lipinski definition) is 5. The van der Waals surface area contributed by atoms with Crippen LogP contribution in [0.1, 0.15) is 31.4 Å². The van der Waals surface area contributed by atoms with Crippen LogP contribution in [0, 0.1) is 7.43 Å². The van der Waals surface area contributed by atoms with Crippen LogP contribution < -0.4 is 9.47 Å². The number of pyridine rings is 1. The fourth-order valence-corrected chi connectivity index (χ4v) is 5.44. The zero-order chi connectivity index (χ0) is 22.8. The van der Waals surface area contributed by atoms with Crippen LogP contribution in [-0.2, 0) is 20.2 Å². The molecule has 182 valence electrons. The second kappa shape index (κ2) is 13.7. The molecule has 7 heteroatoms. The van der Waals surface area contributed by atoms with Crippen molar-refractivity contribution in [1.82, 2.24) is 4.90 Å². The maximum atomic E-state index is 12.5. The molecule has 1 fully saturated rings. The summed E-state index contributed by atoms with van der Waals surface area (Å²) in [7, 11) is -0.776. The quantitative estimate of drug-likeness (QED) is 0.261. The molecule has 1 aliphatic heterocycles. The van der Waals surface area contributed by atoms with Crippen molar-refractivity contribution in [3.8, 4) is 0 Å². The zero-order valence-corrected chi connectivity index (χ0v) is 21.5. The molecule has 1 aliphatic rings. The summed E-state index contributed by atoms with van der Waals surface area (Å²) >= 11 is 0. The van der Waals surface area contributed by atoms with E-state index in [9.17, 15) is 4.57 Å². The highest BCUT2D eigenvalue weighted by molar-refractivity contribution is 7.53. The first-order valence-electron chi connectivity index (χ1n) is 11.6. The maximum absolute atomic E-state index is 12.5. The van der Waals surface area contributed by atoms with Crippen LogP contribution in [0.4, 0.5) is 5.69 Å². The zero-order valence-electron chi connectivity index (χ0n) is 20.7. The van der Waals surface area contributed by atoms with Gasteiger partial charge in [-0.2, -0.15) is 0 Å². The van der Waals surface area contributed by atoms with E-state index in [1.54, 1.807) is 0 Å². The van der Waals surface area contributed by atoms with Gasteiger partial charge in [-0.3, -0.25) is 4.57 Å². The third-order valence-electron chi connectivity index (χ3n) is 5.65. The van der Waals surface area contributed by atoms with Gasteiger partial charge in [-0.25, -0.2) is 4.57 Å². The Kier molecular flexibility index (Phi) is 11.3. The number of piperazine rings is 1. The lowest BCUT2D eigenvalue weighted by Crippen LogP contribution is -2.44. The Morgan fingerprint density at radius 1 is 0.909 bits per heavy atom. The Labute approximate surface area is 200 Å². The highest BCUT2D eigenvalue weighted by atomic mass is 31.2. The minimum Gasteiger partial charge on any atom is -0.369 e. The lowest BCUT2D eigenvalue weighted by atomic mass is 10.1. The first kappa shape index (κ1) is 27.3. The van der Waals surface area contributed by atoms with Gasteiger partial charge >= 0.3 is 7.60 Å². The Morgan fingerprint density at radius 2 is 1.45 bits per heavy atom. The van der Waals surface area contributed by atoms with E-state index in [2.05, 4.69) is 82.4 Å². The van der Waals surface area contributed by atoms with Crippen LogP contribution in [0.3, 0.4) is 0 Å². The van der Waals surface area contributed by atoms with Crippen molar-refractivity contribution in [2.75, 3.05) is 57.5 Å². The average Bonchev–Trinajstić information content (AvgIpc) is 2.80. The number of anilines is 1. The molecule has 0 aliphatic carbocycles. The second-order valence-electron chi connectivity index (χ2n) is 8.11. The fourth-order valence-electron chi connectivity index (χ4n) is 3.79. The molecule has 2 heterocycles. The van der Waals surface area contributed by atoms with E-state index in [1.807, 2.05) is 13.8 Å². The molecule has 0 radical (unpaired) electrons. The van der Waals surface area contributed by atoms with E-state index < -0.39 is 7.60 Å². The van der Waals surface area contributed by atoms with Crippen LogP contribution in [0.5, 0.6) is 0 Å². The van der Waals surface area contributed by atoms with Gasteiger partial charge < -0.3 is 26.3 Å². The third kappa shape index (κ3) is 8.71. The summed E-state index contributed by atoms with van der Waals surface area (Å²) < 4.78 is 25.4. The minimum atomic E-state index is -2.96. The van der Waals surface area contributed by atoms with Crippen molar-refractivity contribution in [1.29, 1.82) is 0 Å². The van der Waals surface area contributed by atoms with Crippen LogP contribution in [0.25, 0.3) is 12.2 Å². The molecule has 0 atom stereocenters. The monoisotopic (exact) mass is 473 g/mol. The fraction of sp³-hybridized carbons (Fsp3) is 0.462. The smallest absolute Gasteiger partial charge is 0.330 e. The van der Waals surface area contributed by atoms with E-state index >= 15 is 0 Å². The standard InChI is InChI=1S/C25H37N3O3P.CH3/c1-4-30-32(29,31-5-2)22-6-15-27-16-13-24(14-17-27)8-7-23-9-11-25(12-10-23)28-20-18-26(3)19-21-28;/h7-14,16-17H,4-6,15,18-22H2,1-3H3;1H3/q+1;-1. The summed E-state index contributed by atoms with van der Waals surface area (Å²) in [5, 5.41) is 0. The van der Waals surface area contributed by atoms with Gasteiger partial charge in [0.2, 0.25) is 0 Å². The molecule has 0 bridgehead atoms. The van der Waals surface area contributed by atoms with E-state index in [-0.39, 0.29) is 7.43 Å². The van der Waals surface area contributed by atoms with Crippen LogP contribution in [0.2, 0.25) is 0 Å². The number of likely N-dealkylation sites (N-methyl/N-ethyl adjacent to an activating group) is 1. The van der Waals surface area contributed by atoms with Crippen molar-refractivity contribution < 1.29 is 18.2 Å². The maximum Gasteiger partial charge on any atom is 0.330 e. The molecule has 6 nitrogen and oxygen atoms in total. The van der Waals surface area contributed by atoms with Crippen molar-refractivity contribution in [2.24, 2.45) is 0 Å². The molecule has 33 heavy (non-hydrogen) atoms. The largest absolute Gasteiger partial charge is 0.369 e. The molecular weight excluding hydrogens is 433 g/mol. The van der Waals surface area contributed by atoms with Crippen molar-refractivity contribution in [2.45, 2.75) is 26.8 Å². The number of nitrogens with zero attached hydrogens (tertiary/aromatic N) is 3. The van der Waals surface area contributed by atoms with Gasteiger partial charge in [0.05, 0.1) is 19.4 Å². The van der Waals surface area contributed by atoms with Gasteiger partial charge in [-0.1, -0.05) is 24.3 Å². The first-order valence-corrected chi connectivity index (χ1v) is 13.3. The third-order valence-corrected chi connectivity index (χ3v) is 7.81. The predicted molar refractivity (Wildman–Crippen MR) is 138 cm³/mol. The molecule has 2 aromatic rings. The lowest BCUT2D eigenvalue weighted by Gasteiger charge is -2.34. The molecule has 0 saturated carbocycles. The first-order chi connectivity index (χ1) is 15.5. The Hall–Kier alpha value is -1.98. The van der Waals surface area contributed by atoms with Crippen LogP contribution in [0.15, 0.2) is 48.8 Å². The normalized spacial score (nSPS) is 15.1. The van der Waals surface area contributed by atoms with E-state index in [4.69, 9.17) is 9.05 Å². The van der Waals surface area contributed by atoms with Gasteiger partial charge in [0.15, 0.2) is 12.4 Å². The van der Waals surface area contributed by atoms with Crippen LogP contribution >= 0.6 is 7.60 Å². The second-order valence-corrected chi connectivity index (χ2v) is 10.3. The van der Waals surface area contributed by atoms with Crippen molar-refractivity contribution in [3.63, 3.8) is 0 Å². The lowest BCUT2D eigenvalue weighted by molar-refractivity contribution is -0.696. The number of benzene rings is 1. The van der Waals surface area contributed by atoms with E-state index in [1.165, 1.54) is 11.3 Å². The SMILES string of the molecule is CCOP(=O)(CCC[n+]1ccc(C=Cc2ccc(N3CCN(C)CC3)cc2)cc1)OCC.[CH3-]. The Bertz CT molecular complexity index is 882. The minimum absolute atomic E-state index is 0. The van der Waals surface area contributed by atoms with Crippen molar-refractivity contribution >= 4 is 25.4 Å². The molecule has 1 aromatic carbocycles. The summed E-state index contributed by atoms with van der Waals surface area (Å²) in [5.41, 5.74) is 3.65. The molecule has 0 amide bonds. The summed E-state index contributed by atoms with van der Waals surface area (Å²) in [5.74, 6) is 0. The molecule has 1 aromatic heterocycles. The van der Waals surface area contributed by atoms with Crippen molar-refractivity contribution in [3.05, 3.63) is 67.3 Å². The summed E-state index contributed by atoms with van der Waals surface area (Å²) in [4.78, 5) is 4.82. The van der Waals surface area contributed by atoms with Gasteiger partial charge in [0.25, 0.3) is 0 Å². The van der Waals surface area contributed by atoms with E-state index in [0.717, 1.165) is 44.7 Å². The average molecular weight is 474 g/mol.